The van der Waals surface area contributed by atoms with Gasteiger partial charge in [-0.3, -0.25) is 0 Å². The second-order valence-electron chi connectivity index (χ2n) is 9.02. The number of para-hydroxylation sites is 4. The van der Waals surface area contributed by atoms with E-state index in [0.717, 1.165) is 0 Å². The first kappa shape index (κ1) is 30.2. The fourth-order valence-electron chi connectivity index (χ4n) is 3.70. The van der Waals surface area contributed by atoms with Crippen molar-refractivity contribution in [2.75, 3.05) is 13.2 Å². The average molecular weight is 626 g/mol. The molecule has 1 aliphatic heterocycles. The summed E-state index contributed by atoms with van der Waals surface area (Å²) in [5.74, 6) is 2.05. The lowest BCUT2D eigenvalue weighted by Crippen LogP contribution is -2.09. The van der Waals surface area contributed by atoms with Crippen LogP contribution >= 0.6 is 23.0 Å². The Bertz CT molecular complexity index is 1400. The van der Waals surface area contributed by atoms with E-state index in [1.807, 2.05) is 135 Å². The summed E-state index contributed by atoms with van der Waals surface area (Å²) < 4.78 is 54.5. The molecule has 220 valence electrons. The van der Waals surface area contributed by atoms with Gasteiger partial charge in [0, 0.05) is 0 Å². The third-order valence-corrected chi connectivity index (χ3v) is 13.7. The molecule has 1 heterocycles. The second kappa shape index (κ2) is 14.2. The Morgan fingerprint density at radius 2 is 0.667 bits per heavy atom. The number of nitrogens with zero attached hydrogens (tertiary/aromatic N) is 3. The topological polar surface area (TPSA) is 92.5 Å². The van der Waals surface area contributed by atoms with Crippen LogP contribution in [-0.2, 0) is 9.05 Å². The zero-order chi connectivity index (χ0) is 29.1. The van der Waals surface area contributed by atoms with Gasteiger partial charge in [-0.25, -0.2) is 0 Å². The van der Waals surface area contributed by atoms with Gasteiger partial charge in [-0.2, -0.15) is 0 Å². The van der Waals surface area contributed by atoms with E-state index in [1.165, 1.54) is 0 Å². The molecule has 42 heavy (non-hydrogen) atoms. The van der Waals surface area contributed by atoms with Crippen molar-refractivity contribution in [3.8, 4) is 23.0 Å². The van der Waals surface area contributed by atoms with Crippen LogP contribution in [-0.4, -0.2) is 13.2 Å². The zero-order valence-electron chi connectivity index (χ0n) is 23.5. The maximum atomic E-state index is 6.62. The van der Waals surface area contributed by atoms with E-state index in [4.69, 9.17) is 40.7 Å². The summed E-state index contributed by atoms with van der Waals surface area (Å²) in [4.78, 5) is 0. The normalized spacial score (nSPS) is 16.1. The van der Waals surface area contributed by atoms with Gasteiger partial charge in [0.15, 0.2) is 0 Å². The summed E-state index contributed by atoms with van der Waals surface area (Å²) in [5, 5.41) is 0. The maximum absolute atomic E-state index is 6.62. The highest BCUT2D eigenvalue weighted by molar-refractivity contribution is 7.78. The molecule has 0 fully saturated rings. The van der Waals surface area contributed by atoms with Crippen LogP contribution in [0.4, 0.5) is 0 Å². The van der Waals surface area contributed by atoms with Gasteiger partial charge >= 0.3 is 23.0 Å². The van der Waals surface area contributed by atoms with Crippen LogP contribution in [0.25, 0.3) is 0 Å². The van der Waals surface area contributed by atoms with Crippen molar-refractivity contribution in [1.29, 1.82) is 0 Å². The lowest BCUT2D eigenvalue weighted by atomic mass is 10.3. The van der Waals surface area contributed by atoms with Crippen molar-refractivity contribution in [2.45, 2.75) is 26.7 Å². The van der Waals surface area contributed by atoms with Crippen LogP contribution in [0.3, 0.4) is 0 Å². The Hall–Kier alpha value is -3.31. The Kier molecular flexibility index (Phi) is 10.2. The minimum absolute atomic E-state index is 0.345. The highest BCUT2D eigenvalue weighted by Gasteiger charge is 2.47. The molecule has 0 saturated heterocycles. The van der Waals surface area contributed by atoms with Gasteiger partial charge in [-0.15, -0.1) is 9.03 Å². The van der Waals surface area contributed by atoms with E-state index >= 15 is 0 Å². The summed E-state index contributed by atoms with van der Waals surface area (Å²) in [6, 6.07) is 37.2. The number of rotatable bonds is 14. The van der Waals surface area contributed by atoms with E-state index in [1.54, 1.807) is 0 Å². The van der Waals surface area contributed by atoms with Gasteiger partial charge in [0.2, 0.25) is 0 Å². The Morgan fingerprint density at radius 3 is 0.952 bits per heavy atom. The summed E-state index contributed by atoms with van der Waals surface area (Å²) in [7, 11) is -10.8. The molecule has 0 amide bonds. The first-order valence-corrected chi connectivity index (χ1v) is 18.3. The predicted molar refractivity (Wildman–Crippen MR) is 169 cm³/mol. The third-order valence-electron chi connectivity index (χ3n) is 5.48. The van der Waals surface area contributed by atoms with Gasteiger partial charge in [-0.1, -0.05) is 91.2 Å². The second-order valence-corrected chi connectivity index (χ2v) is 15.4. The number of hydrogen-bond donors (Lipinski definition) is 0. The van der Waals surface area contributed by atoms with E-state index in [-0.39, 0.29) is 0 Å². The molecule has 0 bridgehead atoms. The summed E-state index contributed by atoms with van der Waals surface area (Å²) in [5.41, 5.74) is 0. The minimum atomic E-state index is -3.68. The Balaban J connectivity index is 1.81. The van der Waals surface area contributed by atoms with Crippen molar-refractivity contribution < 1.29 is 27.1 Å². The van der Waals surface area contributed by atoms with Crippen LogP contribution in [0.1, 0.15) is 26.7 Å². The van der Waals surface area contributed by atoms with Gasteiger partial charge in [0.1, 0.15) is 23.0 Å². The predicted octanol–water partition coefficient (Wildman–Crippen LogP) is 11.0. The van der Waals surface area contributed by atoms with Crippen LogP contribution in [0.2, 0.25) is 0 Å². The summed E-state index contributed by atoms with van der Waals surface area (Å²) >= 11 is 0. The fraction of sp³-hybridized carbons (Fsp3) is 0.200. The van der Waals surface area contributed by atoms with Gasteiger partial charge in [-0.05, 0) is 61.4 Å². The molecule has 9 nitrogen and oxygen atoms in total. The summed E-state index contributed by atoms with van der Waals surface area (Å²) in [6.07, 6.45) is 1.43. The third kappa shape index (κ3) is 7.95. The average Bonchev–Trinajstić information content (AvgIpc) is 3.01. The van der Waals surface area contributed by atoms with Gasteiger partial charge in [0.25, 0.3) is 0 Å². The molecule has 0 spiro atoms. The fourth-order valence-corrected chi connectivity index (χ4v) is 13.1. The highest BCUT2D eigenvalue weighted by Crippen LogP contribution is 2.79. The molecule has 4 aromatic rings. The van der Waals surface area contributed by atoms with Gasteiger partial charge < -0.3 is 27.1 Å². The first-order chi connectivity index (χ1) is 20.6. The van der Waals surface area contributed by atoms with Gasteiger partial charge in [0.05, 0.1) is 13.2 Å². The van der Waals surface area contributed by atoms with Crippen LogP contribution in [0.5, 0.6) is 23.0 Å². The lowest BCUT2D eigenvalue weighted by Gasteiger charge is -2.33. The van der Waals surface area contributed by atoms with Crippen molar-refractivity contribution in [1.82, 2.24) is 0 Å². The van der Waals surface area contributed by atoms with E-state index in [9.17, 15) is 0 Å². The highest BCUT2D eigenvalue weighted by atomic mass is 31.3. The largest absolute Gasteiger partial charge is 0.459 e. The van der Waals surface area contributed by atoms with Crippen molar-refractivity contribution >= 4 is 23.0 Å². The summed E-state index contributed by atoms with van der Waals surface area (Å²) in [6.45, 7) is 4.71. The SMILES string of the molecule is CCCOP1(OCCC)=NP(Oc2ccccc2)(Oc2ccccc2)=NP(Oc2ccccc2)(Oc2ccccc2)=N1. The smallest absolute Gasteiger partial charge is 0.413 e. The van der Waals surface area contributed by atoms with Crippen LogP contribution < -0.4 is 18.1 Å². The van der Waals surface area contributed by atoms with E-state index < -0.39 is 23.0 Å². The van der Waals surface area contributed by atoms with Crippen molar-refractivity contribution in [3.05, 3.63) is 121 Å². The van der Waals surface area contributed by atoms with Crippen molar-refractivity contribution in [2.24, 2.45) is 13.5 Å². The molecule has 12 heteroatoms. The van der Waals surface area contributed by atoms with E-state index in [2.05, 4.69) is 0 Å². The molecule has 0 aromatic heterocycles. The van der Waals surface area contributed by atoms with Crippen molar-refractivity contribution in [3.63, 3.8) is 0 Å². The quantitative estimate of drug-likeness (QED) is 0.129. The lowest BCUT2D eigenvalue weighted by molar-refractivity contribution is 0.239. The Morgan fingerprint density at radius 1 is 0.405 bits per heavy atom. The molecule has 0 unspecified atom stereocenters. The molecule has 0 aliphatic carbocycles. The zero-order valence-corrected chi connectivity index (χ0v) is 26.2. The minimum Gasteiger partial charge on any atom is -0.413 e. The first-order valence-electron chi connectivity index (χ1n) is 13.7. The molecule has 1 aliphatic rings. The maximum Gasteiger partial charge on any atom is 0.459 e. The molecule has 0 N–H and O–H groups in total. The Labute approximate surface area is 247 Å². The van der Waals surface area contributed by atoms with Crippen LogP contribution in [0.15, 0.2) is 135 Å². The molecule has 4 aromatic carbocycles. The molecule has 0 saturated carbocycles. The van der Waals surface area contributed by atoms with E-state index in [0.29, 0.717) is 49.1 Å². The molecule has 0 atom stereocenters. The monoisotopic (exact) mass is 625 g/mol. The number of hydrogen-bond acceptors (Lipinski definition) is 9. The standard InChI is InChI=1S/C30H34N3O6P3/c1-3-25-34-40(35-26-4-2)31-41(36-27-17-9-5-10-18-27,37-28-19-11-6-12-20-28)33-42(32-40,38-29-21-13-7-14-22-29)39-30-23-15-8-16-24-30/h5-24H,3-4,25-26H2,1-2H3. The molecule has 5 rings (SSSR count). The van der Waals surface area contributed by atoms with Crippen LogP contribution in [0, 0.1) is 0 Å². The molecule has 0 radical (unpaired) electrons. The molecular formula is C30H34N3O6P3. The number of benzene rings is 4. The molecular weight excluding hydrogens is 591 g/mol.